The molecule has 1 aromatic carbocycles. The summed E-state index contributed by atoms with van der Waals surface area (Å²) in [5.74, 6) is 0.805. The molecule has 1 aromatic rings. The Morgan fingerprint density at radius 1 is 1.21 bits per heavy atom. The Morgan fingerprint density at radius 3 is 2.50 bits per heavy atom. The molecule has 0 radical (unpaired) electrons. The zero-order valence-electron chi connectivity index (χ0n) is 14.4. The van der Waals surface area contributed by atoms with E-state index in [1.165, 1.54) is 5.56 Å². The molecule has 0 N–H and O–H groups in total. The van der Waals surface area contributed by atoms with Crippen molar-refractivity contribution in [3.05, 3.63) is 35.9 Å². The Balaban J connectivity index is 1.64. The molecule has 24 heavy (non-hydrogen) atoms. The maximum atomic E-state index is 12.4. The number of benzene rings is 1. The molecule has 0 aromatic heterocycles. The van der Waals surface area contributed by atoms with Gasteiger partial charge in [0.25, 0.3) is 0 Å². The van der Waals surface area contributed by atoms with Crippen molar-refractivity contribution in [1.29, 1.82) is 0 Å². The van der Waals surface area contributed by atoms with E-state index in [0.29, 0.717) is 5.75 Å². The maximum absolute atomic E-state index is 12.4. The summed E-state index contributed by atoms with van der Waals surface area (Å²) in [6.07, 6.45) is 2.60. The van der Waals surface area contributed by atoms with E-state index < -0.39 is 0 Å². The number of piperidine rings is 1. The zero-order valence-corrected chi connectivity index (χ0v) is 15.2. The number of thioether (sulfide) groups is 1. The standard InChI is InChI=1S/C18H25N3O2S/c1-19(2)17(23)20-12-9-18(10-13-20)21(16(22)14-24-18)11-8-15-6-4-3-5-7-15/h3-7H,8-14H2,1-2H3. The molecular weight excluding hydrogens is 322 g/mol. The highest BCUT2D eigenvalue weighted by atomic mass is 32.2. The molecule has 2 heterocycles. The van der Waals surface area contributed by atoms with Crippen LogP contribution in [0.2, 0.25) is 0 Å². The molecule has 5 nitrogen and oxygen atoms in total. The summed E-state index contributed by atoms with van der Waals surface area (Å²) < 4.78 is 0. The third-order valence-electron chi connectivity index (χ3n) is 4.92. The second-order valence-corrected chi connectivity index (χ2v) is 8.02. The van der Waals surface area contributed by atoms with E-state index >= 15 is 0 Å². The minimum absolute atomic E-state index is 0.0648. The van der Waals surface area contributed by atoms with Gasteiger partial charge in [-0.3, -0.25) is 4.79 Å². The van der Waals surface area contributed by atoms with Crippen molar-refractivity contribution in [2.75, 3.05) is 39.5 Å². The Morgan fingerprint density at radius 2 is 1.88 bits per heavy atom. The summed E-state index contributed by atoms with van der Waals surface area (Å²) in [6, 6.07) is 10.4. The molecule has 1 spiro atoms. The molecule has 130 valence electrons. The van der Waals surface area contributed by atoms with Crippen molar-refractivity contribution in [1.82, 2.24) is 14.7 Å². The summed E-state index contributed by atoms with van der Waals surface area (Å²) in [4.78, 5) is 30.0. The summed E-state index contributed by atoms with van der Waals surface area (Å²) in [5, 5.41) is 0. The molecular formula is C18H25N3O2S. The Bertz CT molecular complexity index is 598. The quantitative estimate of drug-likeness (QED) is 0.843. The van der Waals surface area contributed by atoms with Gasteiger partial charge < -0.3 is 14.7 Å². The van der Waals surface area contributed by atoms with E-state index in [0.717, 1.165) is 38.9 Å². The lowest BCUT2D eigenvalue weighted by Gasteiger charge is -2.44. The highest BCUT2D eigenvalue weighted by Crippen LogP contribution is 2.44. The van der Waals surface area contributed by atoms with E-state index in [1.54, 1.807) is 30.8 Å². The average Bonchev–Trinajstić information content (AvgIpc) is 2.90. The number of carbonyl (C=O) groups is 2. The Hall–Kier alpha value is -1.69. The number of hydrogen-bond donors (Lipinski definition) is 0. The highest BCUT2D eigenvalue weighted by Gasteiger charge is 2.48. The number of urea groups is 1. The highest BCUT2D eigenvalue weighted by molar-refractivity contribution is 8.01. The molecule has 2 aliphatic heterocycles. The summed E-state index contributed by atoms with van der Waals surface area (Å²) in [5.41, 5.74) is 1.26. The van der Waals surface area contributed by atoms with Crippen LogP contribution < -0.4 is 0 Å². The summed E-state index contributed by atoms with van der Waals surface area (Å²) in [7, 11) is 3.57. The van der Waals surface area contributed by atoms with Gasteiger partial charge in [-0.2, -0.15) is 0 Å². The first-order valence-electron chi connectivity index (χ1n) is 8.46. The van der Waals surface area contributed by atoms with Crippen LogP contribution in [0.25, 0.3) is 0 Å². The molecule has 0 aliphatic carbocycles. The van der Waals surface area contributed by atoms with Crippen molar-refractivity contribution >= 4 is 23.7 Å². The van der Waals surface area contributed by atoms with Crippen LogP contribution in [0, 0.1) is 0 Å². The number of rotatable bonds is 3. The van der Waals surface area contributed by atoms with Gasteiger partial charge in [-0.1, -0.05) is 30.3 Å². The van der Waals surface area contributed by atoms with Crippen molar-refractivity contribution in [3.63, 3.8) is 0 Å². The molecule has 2 aliphatic rings. The first-order valence-corrected chi connectivity index (χ1v) is 9.45. The SMILES string of the molecule is CN(C)C(=O)N1CCC2(CC1)SCC(=O)N2CCc1ccccc1. The lowest BCUT2D eigenvalue weighted by atomic mass is 10.0. The van der Waals surface area contributed by atoms with Crippen LogP contribution in [0.3, 0.4) is 0 Å². The average molecular weight is 347 g/mol. The van der Waals surface area contributed by atoms with E-state index in [1.807, 2.05) is 23.1 Å². The predicted molar refractivity (Wildman–Crippen MR) is 96.9 cm³/mol. The van der Waals surface area contributed by atoms with Crippen molar-refractivity contribution in [3.8, 4) is 0 Å². The second kappa shape index (κ2) is 7.05. The third kappa shape index (κ3) is 3.38. The number of likely N-dealkylation sites (tertiary alicyclic amines) is 1. The van der Waals surface area contributed by atoms with E-state index in [-0.39, 0.29) is 16.8 Å². The monoisotopic (exact) mass is 347 g/mol. The number of amides is 3. The minimum Gasteiger partial charge on any atom is -0.331 e. The Labute approximate surface area is 148 Å². The first-order chi connectivity index (χ1) is 11.5. The van der Waals surface area contributed by atoms with Crippen molar-refractivity contribution in [2.45, 2.75) is 24.1 Å². The fraction of sp³-hybridized carbons (Fsp3) is 0.556. The minimum atomic E-state index is -0.116. The van der Waals surface area contributed by atoms with Crippen LogP contribution in [0.1, 0.15) is 18.4 Å². The van der Waals surface area contributed by atoms with Crippen LogP contribution in [0.4, 0.5) is 4.79 Å². The van der Waals surface area contributed by atoms with Crippen LogP contribution >= 0.6 is 11.8 Å². The topological polar surface area (TPSA) is 43.9 Å². The van der Waals surface area contributed by atoms with Crippen LogP contribution in [0.15, 0.2) is 30.3 Å². The van der Waals surface area contributed by atoms with Gasteiger partial charge in [0.15, 0.2) is 0 Å². The van der Waals surface area contributed by atoms with Gasteiger partial charge in [-0.15, -0.1) is 11.8 Å². The predicted octanol–water partition coefficient (Wildman–Crippen LogP) is 2.28. The van der Waals surface area contributed by atoms with Crippen LogP contribution in [-0.4, -0.2) is 71.0 Å². The second-order valence-electron chi connectivity index (χ2n) is 6.68. The molecule has 0 atom stereocenters. The first kappa shape index (κ1) is 17.1. The molecule has 0 saturated carbocycles. The van der Waals surface area contributed by atoms with E-state index in [4.69, 9.17) is 0 Å². The molecule has 3 rings (SSSR count). The normalized spacial score (nSPS) is 19.8. The van der Waals surface area contributed by atoms with Gasteiger partial charge in [-0.25, -0.2) is 4.79 Å². The Kier molecular flexibility index (Phi) is 5.04. The maximum Gasteiger partial charge on any atom is 0.319 e. The molecule has 0 unspecified atom stereocenters. The van der Waals surface area contributed by atoms with Crippen molar-refractivity contribution in [2.24, 2.45) is 0 Å². The van der Waals surface area contributed by atoms with Gasteiger partial charge in [-0.05, 0) is 24.8 Å². The number of hydrogen-bond acceptors (Lipinski definition) is 3. The fourth-order valence-corrected chi connectivity index (χ4v) is 4.91. The van der Waals surface area contributed by atoms with E-state index in [2.05, 4.69) is 17.0 Å². The smallest absolute Gasteiger partial charge is 0.319 e. The van der Waals surface area contributed by atoms with Gasteiger partial charge >= 0.3 is 6.03 Å². The molecule has 2 fully saturated rings. The lowest BCUT2D eigenvalue weighted by Crippen LogP contribution is -2.54. The number of carbonyl (C=O) groups excluding carboxylic acids is 2. The van der Waals surface area contributed by atoms with Crippen LogP contribution in [0.5, 0.6) is 0 Å². The van der Waals surface area contributed by atoms with Gasteiger partial charge in [0.2, 0.25) is 5.91 Å². The third-order valence-corrected chi connectivity index (χ3v) is 6.48. The molecule has 2 saturated heterocycles. The summed E-state index contributed by atoms with van der Waals surface area (Å²) in [6.45, 7) is 2.20. The lowest BCUT2D eigenvalue weighted by molar-refractivity contribution is -0.131. The van der Waals surface area contributed by atoms with Crippen molar-refractivity contribution < 1.29 is 9.59 Å². The fourth-order valence-electron chi connectivity index (χ4n) is 3.54. The zero-order chi connectivity index (χ0) is 17.2. The van der Waals surface area contributed by atoms with E-state index in [9.17, 15) is 9.59 Å². The van der Waals surface area contributed by atoms with Crippen LogP contribution in [-0.2, 0) is 11.2 Å². The summed E-state index contributed by atoms with van der Waals surface area (Å²) >= 11 is 1.76. The van der Waals surface area contributed by atoms with Gasteiger partial charge in [0, 0.05) is 33.7 Å². The molecule has 6 heteroatoms. The molecule has 3 amide bonds. The van der Waals surface area contributed by atoms with Gasteiger partial charge in [0.05, 0.1) is 10.6 Å². The van der Waals surface area contributed by atoms with Gasteiger partial charge in [0.1, 0.15) is 0 Å². The molecule has 0 bridgehead atoms. The number of nitrogens with zero attached hydrogens (tertiary/aromatic N) is 3. The largest absolute Gasteiger partial charge is 0.331 e.